The number of thiazole rings is 2. The number of aryl methyl sites for hydroxylation is 1. The van der Waals surface area contributed by atoms with Crippen molar-refractivity contribution in [2.45, 2.75) is 19.9 Å². The van der Waals surface area contributed by atoms with Crippen molar-refractivity contribution in [3.05, 3.63) is 76.5 Å². The molecule has 8 heteroatoms. The molecule has 0 saturated carbocycles. The van der Waals surface area contributed by atoms with E-state index in [0.717, 1.165) is 38.6 Å². The maximum absolute atomic E-state index is 13.2. The zero-order valence-electron chi connectivity index (χ0n) is 19.7. The molecule has 1 N–H and O–H groups in total. The van der Waals surface area contributed by atoms with Crippen molar-refractivity contribution in [1.29, 1.82) is 0 Å². The van der Waals surface area contributed by atoms with Crippen molar-refractivity contribution in [1.82, 2.24) is 20.2 Å². The number of amides is 1. The van der Waals surface area contributed by atoms with Gasteiger partial charge in [-0.05, 0) is 80.5 Å². The summed E-state index contributed by atoms with van der Waals surface area (Å²) in [5, 5.41) is 3.17. The van der Waals surface area contributed by atoms with Crippen LogP contribution in [0.25, 0.3) is 20.9 Å². The van der Waals surface area contributed by atoms with E-state index in [0.29, 0.717) is 17.9 Å². The topological polar surface area (TPSA) is 67.3 Å². The molecule has 0 aliphatic heterocycles. The van der Waals surface area contributed by atoms with Gasteiger partial charge in [-0.3, -0.25) is 14.8 Å². The van der Waals surface area contributed by atoms with Gasteiger partial charge in [0.05, 0.1) is 26.8 Å². The van der Waals surface area contributed by atoms with Crippen LogP contribution in [-0.2, 0) is 0 Å². The van der Waals surface area contributed by atoms with E-state index in [-0.39, 0.29) is 11.9 Å². The molecule has 0 aliphatic rings. The molecule has 4 aromatic rings. The van der Waals surface area contributed by atoms with Gasteiger partial charge in [0, 0.05) is 24.5 Å². The third-order valence-corrected chi connectivity index (χ3v) is 7.14. The van der Waals surface area contributed by atoms with E-state index in [1.54, 1.807) is 22.7 Å². The lowest BCUT2D eigenvalue weighted by molar-refractivity contribution is 0.0938. The zero-order valence-corrected chi connectivity index (χ0v) is 21.4. The minimum Gasteiger partial charge on any atom is -0.492 e. The molecule has 34 heavy (non-hydrogen) atoms. The number of hydrogen-bond acceptors (Lipinski definition) is 7. The lowest BCUT2D eigenvalue weighted by Gasteiger charge is -2.18. The molecule has 6 nitrogen and oxygen atoms in total. The molecule has 2 aromatic carbocycles. The van der Waals surface area contributed by atoms with Gasteiger partial charge >= 0.3 is 0 Å². The van der Waals surface area contributed by atoms with Gasteiger partial charge in [0.1, 0.15) is 12.4 Å². The lowest BCUT2D eigenvalue weighted by Crippen LogP contribution is -2.27. The van der Waals surface area contributed by atoms with Gasteiger partial charge < -0.3 is 15.0 Å². The van der Waals surface area contributed by atoms with Crippen LogP contribution in [0.2, 0.25) is 0 Å². The van der Waals surface area contributed by atoms with Gasteiger partial charge in [-0.15, -0.1) is 22.7 Å². The first-order chi connectivity index (χ1) is 16.4. The summed E-state index contributed by atoms with van der Waals surface area (Å²) >= 11 is 3.19. The highest BCUT2D eigenvalue weighted by molar-refractivity contribution is 7.13. The summed E-state index contributed by atoms with van der Waals surface area (Å²) in [6.45, 7) is 5.32. The fraction of sp³-hybridized carbons (Fsp3) is 0.269. The van der Waals surface area contributed by atoms with Crippen LogP contribution >= 0.6 is 22.7 Å². The zero-order chi connectivity index (χ0) is 24.1. The van der Waals surface area contributed by atoms with Gasteiger partial charge in [0.15, 0.2) is 0 Å². The van der Waals surface area contributed by atoms with Gasteiger partial charge in [-0.1, -0.05) is 6.07 Å². The average Bonchev–Trinajstić information content (AvgIpc) is 3.54. The number of carbonyl (C=O) groups is 1. The average molecular weight is 493 g/mol. The predicted molar refractivity (Wildman–Crippen MR) is 140 cm³/mol. The number of ether oxygens (including phenoxy) is 1. The number of rotatable bonds is 9. The highest BCUT2D eigenvalue weighted by Gasteiger charge is 2.17. The largest absolute Gasteiger partial charge is 0.492 e. The number of carbonyl (C=O) groups excluding carboxylic acids is 1. The quantitative estimate of drug-likeness (QED) is 0.326. The van der Waals surface area contributed by atoms with Crippen molar-refractivity contribution >= 4 is 28.6 Å². The molecule has 0 aliphatic carbocycles. The van der Waals surface area contributed by atoms with E-state index in [1.807, 2.05) is 69.6 Å². The van der Waals surface area contributed by atoms with Crippen molar-refractivity contribution in [2.24, 2.45) is 0 Å². The maximum Gasteiger partial charge on any atom is 0.252 e. The number of nitrogens with zero attached hydrogens (tertiary/aromatic N) is 3. The predicted octanol–water partition coefficient (Wildman–Crippen LogP) is 5.67. The van der Waals surface area contributed by atoms with E-state index in [9.17, 15) is 4.79 Å². The molecule has 0 bridgehead atoms. The summed E-state index contributed by atoms with van der Waals surface area (Å²) in [5.74, 6) is 0.579. The second-order valence-corrected chi connectivity index (χ2v) is 10.2. The molecular formula is C26H28N4O2S2. The Bertz CT molecular complexity index is 1190. The van der Waals surface area contributed by atoms with Crippen molar-refractivity contribution in [2.75, 3.05) is 27.2 Å². The molecule has 1 amide bonds. The normalized spacial score (nSPS) is 12.0. The van der Waals surface area contributed by atoms with Crippen molar-refractivity contribution < 1.29 is 9.53 Å². The van der Waals surface area contributed by atoms with Crippen molar-refractivity contribution in [3.8, 4) is 26.6 Å². The summed E-state index contributed by atoms with van der Waals surface area (Å²) < 4.78 is 5.84. The van der Waals surface area contributed by atoms with Gasteiger partial charge in [-0.2, -0.15) is 0 Å². The Morgan fingerprint density at radius 2 is 1.68 bits per heavy atom. The second kappa shape index (κ2) is 10.9. The molecular weight excluding hydrogens is 464 g/mol. The number of hydrogen-bond donors (Lipinski definition) is 1. The van der Waals surface area contributed by atoms with E-state index < -0.39 is 0 Å². The second-order valence-electron chi connectivity index (χ2n) is 8.40. The number of likely N-dealkylation sites (N-methyl/N-ethyl adjacent to an activating group) is 1. The molecule has 2 heterocycles. The number of benzene rings is 2. The first-order valence-electron chi connectivity index (χ1n) is 11.0. The minimum absolute atomic E-state index is 0.120. The van der Waals surface area contributed by atoms with E-state index in [4.69, 9.17) is 4.74 Å². The Labute approximate surface area is 208 Å². The maximum atomic E-state index is 13.2. The van der Waals surface area contributed by atoms with Gasteiger partial charge in [0.25, 0.3) is 5.91 Å². The van der Waals surface area contributed by atoms with Crippen LogP contribution in [0.5, 0.6) is 5.75 Å². The minimum atomic E-state index is -0.190. The van der Waals surface area contributed by atoms with Gasteiger partial charge in [-0.25, -0.2) is 0 Å². The fourth-order valence-electron chi connectivity index (χ4n) is 3.54. The van der Waals surface area contributed by atoms with Crippen LogP contribution in [0.4, 0.5) is 0 Å². The van der Waals surface area contributed by atoms with Crippen LogP contribution in [-0.4, -0.2) is 48.0 Å². The molecule has 0 unspecified atom stereocenters. The third kappa shape index (κ3) is 5.88. The monoisotopic (exact) mass is 492 g/mol. The van der Waals surface area contributed by atoms with Crippen molar-refractivity contribution in [3.63, 3.8) is 0 Å². The summed E-state index contributed by atoms with van der Waals surface area (Å²) in [4.78, 5) is 25.9. The van der Waals surface area contributed by atoms with E-state index in [2.05, 4.69) is 38.4 Å². The van der Waals surface area contributed by atoms with E-state index in [1.165, 1.54) is 0 Å². The smallest absolute Gasteiger partial charge is 0.252 e. The Morgan fingerprint density at radius 1 is 1.03 bits per heavy atom. The molecule has 4 rings (SSSR count). The molecule has 0 saturated heterocycles. The summed E-state index contributed by atoms with van der Waals surface area (Å²) in [6, 6.07) is 11.9. The molecule has 1 atom stereocenters. The third-order valence-electron chi connectivity index (χ3n) is 5.50. The van der Waals surface area contributed by atoms with Crippen LogP contribution in [0.15, 0.2) is 59.8 Å². The highest BCUT2D eigenvalue weighted by atomic mass is 32.1. The SMILES string of the molecule is Cc1ccc(OCCN(C)C)cc1C(=O)N[C@@H](C)c1cc(-c2cncs2)cc(-c2cncs2)c1. The Balaban J connectivity index is 1.56. The fourth-order valence-corrected chi connectivity index (χ4v) is 4.76. The van der Waals surface area contributed by atoms with Crippen LogP contribution in [0, 0.1) is 6.92 Å². The Morgan fingerprint density at radius 3 is 2.24 bits per heavy atom. The van der Waals surface area contributed by atoms with Crippen LogP contribution in [0.3, 0.4) is 0 Å². The molecule has 176 valence electrons. The number of aromatic nitrogens is 2. The molecule has 0 radical (unpaired) electrons. The first-order valence-corrected chi connectivity index (χ1v) is 12.8. The molecule has 0 spiro atoms. The van der Waals surface area contributed by atoms with Gasteiger partial charge in [0.2, 0.25) is 0 Å². The lowest BCUT2D eigenvalue weighted by atomic mass is 9.99. The summed E-state index contributed by atoms with van der Waals surface area (Å²) in [6.07, 6.45) is 3.74. The Hall–Kier alpha value is -3.07. The first kappa shape index (κ1) is 24.1. The Kier molecular flexibility index (Phi) is 7.72. The van der Waals surface area contributed by atoms with Crippen LogP contribution in [0.1, 0.15) is 34.5 Å². The number of nitrogens with one attached hydrogen (secondary N) is 1. The highest BCUT2D eigenvalue weighted by Crippen LogP contribution is 2.33. The van der Waals surface area contributed by atoms with E-state index >= 15 is 0 Å². The van der Waals surface area contributed by atoms with Crippen LogP contribution < -0.4 is 10.1 Å². The summed E-state index contributed by atoms with van der Waals surface area (Å²) in [5.41, 5.74) is 8.38. The molecule has 2 aromatic heterocycles. The summed E-state index contributed by atoms with van der Waals surface area (Å²) in [7, 11) is 4.01. The molecule has 0 fully saturated rings. The standard InChI is InChI=1S/C26H28N4O2S2/c1-17-5-6-22(32-8-7-30(3)4)12-23(17)26(31)29-18(2)19-9-20(24-13-27-15-33-24)11-21(10-19)25-14-28-16-34-25/h5-6,9-16,18H,7-8H2,1-4H3,(H,29,31)/t18-/m0/s1.